The van der Waals surface area contributed by atoms with Crippen molar-refractivity contribution in [3.8, 4) is 0 Å². The predicted octanol–water partition coefficient (Wildman–Crippen LogP) is 4.46. The second kappa shape index (κ2) is 8.22. The van der Waals surface area contributed by atoms with Crippen LogP contribution in [0.5, 0.6) is 0 Å². The Morgan fingerprint density at radius 2 is 1.68 bits per heavy atom. The van der Waals surface area contributed by atoms with Gasteiger partial charge in [0, 0.05) is 40.2 Å². The number of nitrogens with one attached hydrogen (secondary N) is 2. The van der Waals surface area contributed by atoms with Gasteiger partial charge in [-0.15, -0.1) is 0 Å². The maximum absolute atomic E-state index is 13.3. The van der Waals surface area contributed by atoms with E-state index in [9.17, 15) is 14.0 Å². The molecule has 0 aliphatic carbocycles. The van der Waals surface area contributed by atoms with Crippen LogP contribution < -0.4 is 10.6 Å². The Bertz CT molecular complexity index is 894. The van der Waals surface area contributed by atoms with Crippen LogP contribution in [0, 0.1) is 16.6 Å². The molecule has 0 fully saturated rings. The average molecular weight is 407 g/mol. The minimum absolute atomic E-state index is 0.134. The number of nitrogens with zero attached hydrogens (tertiary/aromatic N) is 2. The summed E-state index contributed by atoms with van der Waals surface area (Å²) in [5.74, 6) is -0.561. The first-order valence-corrected chi connectivity index (χ1v) is 9.15. The molecule has 0 aromatic carbocycles. The highest BCUT2D eigenvalue weighted by atomic mass is 35.5. The van der Waals surface area contributed by atoms with Crippen molar-refractivity contribution >= 4 is 35.1 Å². The molecule has 2 amide bonds. The molecule has 2 aromatic rings. The van der Waals surface area contributed by atoms with Crippen LogP contribution in [0.2, 0.25) is 5.02 Å². The van der Waals surface area contributed by atoms with Gasteiger partial charge in [-0.3, -0.25) is 9.59 Å². The molecule has 0 saturated carbocycles. The van der Waals surface area contributed by atoms with E-state index in [1.54, 1.807) is 46.8 Å². The maximum atomic E-state index is 13.3. The van der Waals surface area contributed by atoms with Gasteiger partial charge in [0.25, 0.3) is 0 Å². The maximum Gasteiger partial charge on any atom is 0.231 e. The van der Waals surface area contributed by atoms with Crippen LogP contribution in [0.15, 0.2) is 30.5 Å². The van der Waals surface area contributed by atoms with E-state index in [4.69, 9.17) is 11.6 Å². The molecule has 28 heavy (non-hydrogen) atoms. The minimum atomic E-state index is -0.878. The second-order valence-corrected chi connectivity index (χ2v) is 8.68. The average Bonchev–Trinajstić information content (AvgIpc) is 2.52. The molecule has 0 unspecified atom stereocenters. The number of rotatable bonds is 5. The highest BCUT2D eigenvalue weighted by Gasteiger charge is 2.29. The zero-order chi connectivity index (χ0) is 21.1. The molecule has 0 radical (unpaired) electrons. The third-order valence-corrected chi connectivity index (χ3v) is 4.19. The van der Waals surface area contributed by atoms with Crippen LogP contribution in [0.3, 0.4) is 0 Å². The lowest BCUT2D eigenvalue weighted by molar-refractivity contribution is -0.124. The van der Waals surface area contributed by atoms with Crippen molar-refractivity contribution in [1.29, 1.82) is 0 Å². The van der Waals surface area contributed by atoms with Crippen LogP contribution >= 0.6 is 11.6 Å². The molecule has 6 nitrogen and oxygen atoms in total. The van der Waals surface area contributed by atoms with E-state index in [1.807, 2.05) is 0 Å². The van der Waals surface area contributed by atoms with Crippen molar-refractivity contribution in [2.75, 3.05) is 10.6 Å². The van der Waals surface area contributed by atoms with E-state index < -0.39 is 16.6 Å². The first kappa shape index (κ1) is 21.8. The highest BCUT2D eigenvalue weighted by Crippen LogP contribution is 2.26. The van der Waals surface area contributed by atoms with Crippen LogP contribution in [0.1, 0.15) is 40.3 Å². The fourth-order valence-electron chi connectivity index (χ4n) is 2.30. The second-order valence-electron chi connectivity index (χ2n) is 8.24. The van der Waals surface area contributed by atoms with Gasteiger partial charge in [-0.25, -0.2) is 14.4 Å². The Kier molecular flexibility index (Phi) is 6.39. The van der Waals surface area contributed by atoms with Gasteiger partial charge in [-0.1, -0.05) is 46.2 Å². The monoisotopic (exact) mass is 406 g/mol. The summed E-state index contributed by atoms with van der Waals surface area (Å²) >= 11 is 6.16. The Labute approximate surface area is 168 Å². The SMILES string of the molecule is CC(C)(C)C(=O)Nc1cc(Cl)cc(CC(C)(C)C(=O)Nc2cc(F)ccn2)n1. The Hall–Kier alpha value is -2.54. The normalized spacial score (nSPS) is 11.8. The number of pyridine rings is 2. The molecule has 0 aliphatic rings. The van der Waals surface area contributed by atoms with Crippen LogP contribution in [-0.2, 0) is 16.0 Å². The van der Waals surface area contributed by atoms with Crippen molar-refractivity contribution in [1.82, 2.24) is 9.97 Å². The van der Waals surface area contributed by atoms with Crippen molar-refractivity contribution < 1.29 is 14.0 Å². The number of carbonyl (C=O) groups is 2. The van der Waals surface area contributed by atoms with Gasteiger partial charge >= 0.3 is 0 Å². The summed E-state index contributed by atoms with van der Waals surface area (Å²) in [4.78, 5) is 33.1. The summed E-state index contributed by atoms with van der Waals surface area (Å²) in [6.45, 7) is 8.85. The number of hydrogen-bond donors (Lipinski definition) is 2. The molecule has 2 N–H and O–H groups in total. The van der Waals surface area contributed by atoms with Gasteiger partial charge in [0.05, 0.1) is 0 Å². The molecule has 150 valence electrons. The Morgan fingerprint density at radius 3 is 2.29 bits per heavy atom. The Balaban J connectivity index is 2.16. The topological polar surface area (TPSA) is 84.0 Å². The van der Waals surface area contributed by atoms with E-state index in [0.29, 0.717) is 16.5 Å². The number of aromatic nitrogens is 2. The predicted molar refractivity (Wildman–Crippen MR) is 108 cm³/mol. The molecule has 0 atom stereocenters. The summed E-state index contributed by atoms with van der Waals surface area (Å²) in [6, 6.07) is 5.54. The number of carbonyl (C=O) groups excluding carboxylic acids is 2. The zero-order valence-corrected chi connectivity index (χ0v) is 17.3. The molecular formula is C20H24ClFN4O2. The molecule has 0 saturated heterocycles. The van der Waals surface area contributed by atoms with Gasteiger partial charge in [0.1, 0.15) is 17.5 Å². The third-order valence-electron chi connectivity index (χ3n) is 3.97. The van der Waals surface area contributed by atoms with E-state index in [2.05, 4.69) is 20.6 Å². The van der Waals surface area contributed by atoms with Crippen molar-refractivity contribution in [3.63, 3.8) is 0 Å². The number of halogens is 2. The molecule has 0 spiro atoms. The highest BCUT2D eigenvalue weighted by molar-refractivity contribution is 6.30. The van der Waals surface area contributed by atoms with E-state index in [1.165, 1.54) is 12.3 Å². The smallest absolute Gasteiger partial charge is 0.231 e. The van der Waals surface area contributed by atoms with Crippen molar-refractivity contribution in [2.24, 2.45) is 10.8 Å². The van der Waals surface area contributed by atoms with E-state index >= 15 is 0 Å². The number of hydrogen-bond acceptors (Lipinski definition) is 4. The quantitative estimate of drug-likeness (QED) is 0.767. The molecule has 2 heterocycles. The van der Waals surface area contributed by atoms with E-state index in [-0.39, 0.29) is 24.1 Å². The van der Waals surface area contributed by atoms with Gasteiger partial charge in [-0.2, -0.15) is 0 Å². The van der Waals surface area contributed by atoms with Crippen LogP contribution in [-0.4, -0.2) is 21.8 Å². The van der Waals surface area contributed by atoms with Crippen molar-refractivity contribution in [2.45, 2.75) is 41.0 Å². The fraction of sp³-hybridized carbons (Fsp3) is 0.400. The summed E-state index contributed by atoms with van der Waals surface area (Å²) in [5.41, 5.74) is -0.915. The molecule has 0 bridgehead atoms. The summed E-state index contributed by atoms with van der Waals surface area (Å²) < 4.78 is 13.3. The first-order chi connectivity index (χ1) is 12.9. The molecule has 0 aliphatic heterocycles. The van der Waals surface area contributed by atoms with Gasteiger partial charge in [0.15, 0.2) is 0 Å². The van der Waals surface area contributed by atoms with Crippen molar-refractivity contribution in [3.05, 3.63) is 47.0 Å². The number of amides is 2. The standard InChI is InChI=1S/C20H24ClFN4O2/c1-19(2,3)17(27)26-16-9-12(21)8-14(24-16)11-20(4,5)18(28)25-15-10-13(22)6-7-23-15/h6-10H,11H2,1-5H3,(H,23,25,28)(H,24,26,27). The largest absolute Gasteiger partial charge is 0.310 e. The van der Waals surface area contributed by atoms with E-state index in [0.717, 1.165) is 6.07 Å². The summed E-state index contributed by atoms with van der Waals surface area (Å²) in [6.07, 6.45) is 1.54. The lowest BCUT2D eigenvalue weighted by Crippen LogP contribution is -2.33. The summed E-state index contributed by atoms with van der Waals surface area (Å²) in [7, 11) is 0. The van der Waals surface area contributed by atoms with Crippen LogP contribution in [0.25, 0.3) is 0 Å². The first-order valence-electron chi connectivity index (χ1n) is 8.78. The Morgan fingerprint density at radius 1 is 1.04 bits per heavy atom. The van der Waals surface area contributed by atoms with Gasteiger partial charge in [-0.05, 0) is 18.2 Å². The van der Waals surface area contributed by atoms with Gasteiger partial charge < -0.3 is 10.6 Å². The molecule has 8 heteroatoms. The zero-order valence-electron chi connectivity index (χ0n) is 16.6. The lowest BCUT2D eigenvalue weighted by Gasteiger charge is -2.23. The molecule has 2 rings (SSSR count). The third kappa shape index (κ3) is 5.99. The molecular weight excluding hydrogens is 383 g/mol. The fourth-order valence-corrected chi connectivity index (χ4v) is 2.53. The molecule has 2 aromatic heterocycles. The van der Waals surface area contributed by atoms with Crippen LogP contribution in [0.4, 0.5) is 16.0 Å². The van der Waals surface area contributed by atoms with Gasteiger partial charge in [0.2, 0.25) is 11.8 Å². The lowest BCUT2D eigenvalue weighted by atomic mass is 9.86. The summed E-state index contributed by atoms with van der Waals surface area (Å²) in [5, 5.41) is 5.74. The number of anilines is 2. The minimum Gasteiger partial charge on any atom is -0.310 e.